The van der Waals surface area contributed by atoms with Crippen LogP contribution >= 0.6 is 11.6 Å². The fourth-order valence-electron chi connectivity index (χ4n) is 3.02. The van der Waals surface area contributed by atoms with Crippen molar-refractivity contribution >= 4 is 34.9 Å². The van der Waals surface area contributed by atoms with Crippen LogP contribution in [-0.4, -0.2) is 24.5 Å². The van der Waals surface area contributed by atoms with E-state index in [1.165, 1.54) is 18.2 Å². The van der Waals surface area contributed by atoms with Crippen molar-refractivity contribution in [1.82, 2.24) is 0 Å². The lowest BCUT2D eigenvalue weighted by atomic mass is 9.96. The molecule has 2 aromatic rings. The normalized spacial score (nSPS) is 16.2. The van der Waals surface area contributed by atoms with Gasteiger partial charge in [-0.05, 0) is 49.6 Å². The molecule has 1 heterocycles. The van der Waals surface area contributed by atoms with E-state index in [-0.39, 0.29) is 24.1 Å². The SMILES string of the molecule is CC1CCc2ccccc2N1C(=O)COC(=O)c1ccc(Cl)c(N)c1. The van der Waals surface area contributed by atoms with Gasteiger partial charge in [-0.3, -0.25) is 4.79 Å². The van der Waals surface area contributed by atoms with E-state index in [1.54, 1.807) is 4.90 Å². The summed E-state index contributed by atoms with van der Waals surface area (Å²) in [6.07, 6.45) is 1.81. The summed E-state index contributed by atoms with van der Waals surface area (Å²) in [5.41, 5.74) is 8.26. The molecular weight excluding hydrogens is 340 g/mol. The van der Waals surface area contributed by atoms with E-state index in [1.807, 2.05) is 31.2 Å². The van der Waals surface area contributed by atoms with E-state index in [0.29, 0.717) is 10.7 Å². The van der Waals surface area contributed by atoms with Gasteiger partial charge in [0.05, 0.1) is 16.3 Å². The number of amides is 1. The zero-order valence-electron chi connectivity index (χ0n) is 13.9. The molecule has 0 saturated carbocycles. The first-order valence-corrected chi connectivity index (χ1v) is 8.47. The molecule has 3 rings (SSSR count). The maximum Gasteiger partial charge on any atom is 0.338 e. The number of halogens is 1. The third-order valence-corrected chi connectivity index (χ3v) is 4.69. The highest BCUT2D eigenvalue weighted by Crippen LogP contribution is 2.30. The van der Waals surface area contributed by atoms with Crippen LogP contribution in [-0.2, 0) is 16.0 Å². The number of nitrogens with two attached hydrogens (primary N) is 1. The molecular formula is C19H19ClN2O3. The van der Waals surface area contributed by atoms with Crippen molar-refractivity contribution in [3.63, 3.8) is 0 Å². The predicted octanol–water partition coefficient (Wildman–Crippen LogP) is 3.45. The van der Waals surface area contributed by atoms with Crippen molar-refractivity contribution in [3.05, 3.63) is 58.6 Å². The fraction of sp³-hybridized carbons (Fsp3) is 0.263. The number of hydrogen-bond donors (Lipinski definition) is 1. The number of nitrogen functional groups attached to an aromatic ring is 1. The summed E-state index contributed by atoms with van der Waals surface area (Å²) < 4.78 is 5.17. The van der Waals surface area contributed by atoms with Crippen LogP contribution in [0.5, 0.6) is 0 Å². The van der Waals surface area contributed by atoms with Crippen LogP contribution in [0.4, 0.5) is 11.4 Å². The average Bonchev–Trinajstić information content (AvgIpc) is 2.61. The lowest BCUT2D eigenvalue weighted by Crippen LogP contribution is -2.44. The minimum Gasteiger partial charge on any atom is -0.452 e. The number of para-hydroxylation sites is 1. The van der Waals surface area contributed by atoms with Crippen LogP contribution in [0.1, 0.15) is 29.3 Å². The van der Waals surface area contributed by atoms with Gasteiger partial charge in [-0.2, -0.15) is 0 Å². The number of ether oxygens (including phenoxy) is 1. The Bertz CT molecular complexity index is 822. The highest BCUT2D eigenvalue weighted by molar-refractivity contribution is 6.33. The summed E-state index contributed by atoms with van der Waals surface area (Å²) in [7, 11) is 0. The lowest BCUT2D eigenvalue weighted by molar-refractivity contribution is -0.122. The summed E-state index contributed by atoms with van der Waals surface area (Å²) in [5, 5.41) is 0.367. The van der Waals surface area contributed by atoms with Gasteiger partial charge in [-0.25, -0.2) is 4.79 Å². The summed E-state index contributed by atoms with van der Waals surface area (Å²) in [6, 6.07) is 12.3. The number of nitrogens with zero attached hydrogens (tertiary/aromatic N) is 1. The number of anilines is 2. The van der Waals surface area contributed by atoms with Gasteiger partial charge < -0.3 is 15.4 Å². The Morgan fingerprint density at radius 1 is 1.28 bits per heavy atom. The second-order valence-electron chi connectivity index (χ2n) is 6.09. The number of carbonyl (C=O) groups excluding carboxylic acids is 2. The molecule has 2 N–H and O–H groups in total. The van der Waals surface area contributed by atoms with Gasteiger partial charge in [0.1, 0.15) is 0 Å². The first-order valence-electron chi connectivity index (χ1n) is 8.09. The van der Waals surface area contributed by atoms with E-state index in [2.05, 4.69) is 0 Å². The molecule has 0 aromatic heterocycles. The molecule has 1 unspecified atom stereocenters. The number of hydrogen-bond acceptors (Lipinski definition) is 4. The smallest absolute Gasteiger partial charge is 0.338 e. The third kappa shape index (κ3) is 3.61. The Morgan fingerprint density at radius 3 is 2.80 bits per heavy atom. The molecule has 0 aliphatic carbocycles. The molecule has 130 valence electrons. The highest BCUT2D eigenvalue weighted by Gasteiger charge is 2.28. The topological polar surface area (TPSA) is 72.6 Å². The van der Waals surface area contributed by atoms with Crippen LogP contribution in [0.3, 0.4) is 0 Å². The second-order valence-corrected chi connectivity index (χ2v) is 6.50. The molecule has 1 atom stereocenters. The molecule has 1 aliphatic heterocycles. The number of rotatable bonds is 3. The monoisotopic (exact) mass is 358 g/mol. The molecule has 2 aromatic carbocycles. The average molecular weight is 359 g/mol. The van der Waals surface area contributed by atoms with Crippen molar-refractivity contribution in [1.29, 1.82) is 0 Å². The minimum absolute atomic E-state index is 0.0623. The van der Waals surface area contributed by atoms with Gasteiger partial charge in [0.15, 0.2) is 6.61 Å². The van der Waals surface area contributed by atoms with Gasteiger partial charge in [0.25, 0.3) is 5.91 Å². The van der Waals surface area contributed by atoms with Crippen molar-refractivity contribution in [3.8, 4) is 0 Å². The molecule has 6 heteroatoms. The minimum atomic E-state index is -0.602. The fourth-order valence-corrected chi connectivity index (χ4v) is 3.14. The second kappa shape index (κ2) is 7.15. The molecule has 1 aliphatic rings. The van der Waals surface area contributed by atoms with Gasteiger partial charge in [0.2, 0.25) is 0 Å². The van der Waals surface area contributed by atoms with Gasteiger partial charge in [0, 0.05) is 11.7 Å². The molecule has 0 saturated heterocycles. The largest absolute Gasteiger partial charge is 0.452 e. The maximum absolute atomic E-state index is 12.6. The van der Waals surface area contributed by atoms with Crippen molar-refractivity contribution in [2.24, 2.45) is 0 Å². The molecule has 0 fully saturated rings. The first kappa shape index (κ1) is 17.3. The number of carbonyl (C=O) groups is 2. The van der Waals surface area contributed by atoms with Crippen molar-refractivity contribution < 1.29 is 14.3 Å². The number of aryl methyl sites for hydroxylation is 1. The maximum atomic E-state index is 12.6. The summed E-state index contributed by atoms with van der Waals surface area (Å²) >= 11 is 5.84. The number of fused-ring (bicyclic) bond motifs is 1. The van der Waals surface area contributed by atoms with Gasteiger partial charge in [-0.15, -0.1) is 0 Å². The Hall–Kier alpha value is -2.53. The predicted molar refractivity (Wildman–Crippen MR) is 97.9 cm³/mol. The summed E-state index contributed by atoms with van der Waals surface area (Å²) in [6.45, 7) is 1.68. The summed E-state index contributed by atoms with van der Waals surface area (Å²) in [4.78, 5) is 26.5. The zero-order valence-corrected chi connectivity index (χ0v) is 14.6. The van der Waals surface area contributed by atoms with Gasteiger partial charge in [-0.1, -0.05) is 29.8 Å². The molecule has 0 radical (unpaired) electrons. The molecule has 0 spiro atoms. The van der Waals surface area contributed by atoms with Crippen molar-refractivity contribution in [2.75, 3.05) is 17.2 Å². The standard InChI is InChI=1S/C19H19ClN2O3/c1-12-6-7-13-4-2-3-5-17(13)22(12)18(23)11-25-19(24)14-8-9-15(20)16(21)10-14/h2-5,8-10,12H,6-7,11,21H2,1H3. The van der Waals surface area contributed by atoms with Crippen molar-refractivity contribution in [2.45, 2.75) is 25.8 Å². The Morgan fingerprint density at radius 2 is 2.04 bits per heavy atom. The molecule has 1 amide bonds. The Kier molecular flexibility index (Phi) is 4.95. The van der Waals surface area contributed by atoms with E-state index in [4.69, 9.17) is 22.1 Å². The van der Waals surface area contributed by atoms with Crippen LogP contribution in [0.25, 0.3) is 0 Å². The van der Waals surface area contributed by atoms with Crippen LogP contribution in [0, 0.1) is 0 Å². The highest BCUT2D eigenvalue weighted by atomic mass is 35.5. The van der Waals surface area contributed by atoms with E-state index < -0.39 is 5.97 Å². The number of esters is 1. The third-order valence-electron chi connectivity index (χ3n) is 4.35. The van der Waals surface area contributed by atoms with E-state index in [9.17, 15) is 9.59 Å². The first-order chi connectivity index (χ1) is 12.0. The zero-order chi connectivity index (χ0) is 18.0. The van der Waals surface area contributed by atoms with E-state index >= 15 is 0 Å². The quantitative estimate of drug-likeness (QED) is 0.673. The molecule has 25 heavy (non-hydrogen) atoms. The van der Waals surface area contributed by atoms with Crippen LogP contribution < -0.4 is 10.6 Å². The Balaban J connectivity index is 1.70. The van der Waals surface area contributed by atoms with E-state index in [0.717, 1.165) is 24.1 Å². The lowest BCUT2D eigenvalue weighted by Gasteiger charge is -2.35. The van der Waals surface area contributed by atoms with Gasteiger partial charge >= 0.3 is 5.97 Å². The van der Waals surface area contributed by atoms with Crippen LogP contribution in [0.2, 0.25) is 5.02 Å². The Labute approximate surface area is 151 Å². The molecule has 0 bridgehead atoms. The van der Waals surface area contributed by atoms with Crippen LogP contribution in [0.15, 0.2) is 42.5 Å². The summed E-state index contributed by atoms with van der Waals surface area (Å²) in [5.74, 6) is -0.843. The number of benzene rings is 2. The molecule has 5 nitrogen and oxygen atoms in total.